The first-order valence-electron chi connectivity index (χ1n) is 8.28. The van der Waals surface area contributed by atoms with Gasteiger partial charge in [-0.15, -0.1) is 10.2 Å². The van der Waals surface area contributed by atoms with Crippen LogP contribution in [0.4, 0.5) is 11.6 Å². The molecule has 0 spiro atoms. The lowest BCUT2D eigenvalue weighted by Gasteiger charge is -2.17. The number of benzene rings is 1. The van der Waals surface area contributed by atoms with Crippen LogP contribution in [-0.4, -0.2) is 32.8 Å². The molecule has 24 heavy (non-hydrogen) atoms. The van der Waals surface area contributed by atoms with Crippen molar-refractivity contribution < 1.29 is 4.92 Å². The summed E-state index contributed by atoms with van der Waals surface area (Å²) in [6, 6.07) is 7.32. The van der Waals surface area contributed by atoms with Crippen LogP contribution in [-0.2, 0) is 5.75 Å². The highest BCUT2D eigenvalue weighted by Gasteiger charge is 2.32. The van der Waals surface area contributed by atoms with Gasteiger partial charge in [0.15, 0.2) is 5.16 Å². The topological polar surface area (TPSA) is 77.1 Å². The van der Waals surface area contributed by atoms with E-state index in [0.29, 0.717) is 11.8 Å². The van der Waals surface area contributed by atoms with Crippen molar-refractivity contribution in [3.63, 3.8) is 0 Å². The molecule has 1 aromatic carbocycles. The Hall–Kier alpha value is -2.09. The molecule has 7 nitrogen and oxygen atoms in total. The van der Waals surface area contributed by atoms with E-state index < -0.39 is 0 Å². The second-order valence-corrected chi connectivity index (χ2v) is 7.24. The van der Waals surface area contributed by atoms with Crippen molar-refractivity contribution in [3.05, 3.63) is 39.9 Å². The molecule has 126 valence electrons. The molecule has 1 saturated heterocycles. The second kappa shape index (κ2) is 6.43. The van der Waals surface area contributed by atoms with Crippen LogP contribution in [0.5, 0.6) is 0 Å². The first kappa shape index (κ1) is 15.4. The minimum atomic E-state index is -0.355. The average molecular weight is 345 g/mol. The molecular formula is C16H19N5O2S. The number of hydrogen-bond donors (Lipinski definition) is 0. The monoisotopic (exact) mass is 345 g/mol. The number of nitro groups is 1. The zero-order valence-electron chi connectivity index (χ0n) is 13.3. The molecule has 2 heterocycles. The zero-order valence-corrected chi connectivity index (χ0v) is 14.1. The Kier molecular flexibility index (Phi) is 4.13. The van der Waals surface area contributed by atoms with Crippen molar-refractivity contribution in [2.24, 2.45) is 0 Å². The molecule has 2 aromatic rings. The molecule has 1 aliphatic heterocycles. The van der Waals surface area contributed by atoms with Gasteiger partial charge in [0, 0.05) is 37.0 Å². The summed E-state index contributed by atoms with van der Waals surface area (Å²) in [6.07, 6.45) is 4.80. The summed E-state index contributed by atoms with van der Waals surface area (Å²) in [5, 5.41) is 20.6. The standard InChI is InChI=1S/C16H19N5O2S/c22-21(23)14-5-3-4-12(10-14)11-24-16-18-17-15(19-8-1-2-9-19)20(16)13-6-7-13/h3-5,10,13H,1-2,6-9,11H2. The van der Waals surface area contributed by atoms with Gasteiger partial charge in [0.25, 0.3) is 5.69 Å². The number of anilines is 1. The van der Waals surface area contributed by atoms with E-state index >= 15 is 0 Å². The number of thioether (sulfide) groups is 1. The van der Waals surface area contributed by atoms with E-state index in [1.807, 2.05) is 6.07 Å². The maximum Gasteiger partial charge on any atom is 0.269 e. The van der Waals surface area contributed by atoms with Gasteiger partial charge in [-0.25, -0.2) is 0 Å². The van der Waals surface area contributed by atoms with Gasteiger partial charge in [-0.1, -0.05) is 23.9 Å². The van der Waals surface area contributed by atoms with Crippen LogP contribution in [0.3, 0.4) is 0 Å². The number of non-ortho nitro benzene ring substituents is 1. The number of nitrogens with zero attached hydrogens (tertiary/aromatic N) is 5. The van der Waals surface area contributed by atoms with Crippen LogP contribution >= 0.6 is 11.8 Å². The van der Waals surface area contributed by atoms with Crippen molar-refractivity contribution in [3.8, 4) is 0 Å². The van der Waals surface area contributed by atoms with E-state index in [9.17, 15) is 10.1 Å². The van der Waals surface area contributed by atoms with Crippen molar-refractivity contribution in [1.29, 1.82) is 0 Å². The maximum atomic E-state index is 10.9. The van der Waals surface area contributed by atoms with Gasteiger partial charge >= 0.3 is 0 Å². The summed E-state index contributed by atoms with van der Waals surface area (Å²) < 4.78 is 2.27. The minimum absolute atomic E-state index is 0.134. The predicted molar refractivity (Wildman–Crippen MR) is 92.4 cm³/mol. The summed E-state index contributed by atoms with van der Waals surface area (Å²) in [6.45, 7) is 2.11. The van der Waals surface area contributed by atoms with Gasteiger partial charge in [-0.2, -0.15) is 0 Å². The number of nitro benzene ring substituents is 1. The third-order valence-electron chi connectivity index (χ3n) is 4.44. The van der Waals surface area contributed by atoms with Crippen LogP contribution in [0.1, 0.15) is 37.3 Å². The van der Waals surface area contributed by atoms with E-state index in [1.54, 1.807) is 23.9 Å². The summed E-state index contributed by atoms with van der Waals surface area (Å²) in [7, 11) is 0. The Labute approximate surface area is 144 Å². The molecule has 0 amide bonds. The molecule has 0 N–H and O–H groups in total. The number of aromatic nitrogens is 3. The van der Waals surface area contributed by atoms with Crippen LogP contribution in [0.15, 0.2) is 29.4 Å². The second-order valence-electron chi connectivity index (χ2n) is 6.29. The largest absolute Gasteiger partial charge is 0.341 e. The number of hydrogen-bond acceptors (Lipinski definition) is 6. The molecule has 2 fully saturated rings. The van der Waals surface area contributed by atoms with Gasteiger partial charge in [0.1, 0.15) is 0 Å². The van der Waals surface area contributed by atoms with E-state index in [1.165, 1.54) is 31.7 Å². The van der Waals surface area contributed by atoms with Crippen molar-refractivity contribution in [1.82, 2.24) is 14.8 Å². The third kappa shape index (κ3) is 3.10. The van der Waals surface area contributed by atoms with Crippen LogP contribution in [0.25, 0.3) is 0 Å². The van der Waals surface area contributed by atoms with Crippen molar-refractivity contribution in [2.45, 2.75) is 42.6 Å². The summed E-state index contributed by atoms with van der Waals surface area (Å²) in [4.78, 5) is 12.9. The highest BCUT2D eigenvalue weighted by atomic mass is 32.2. The molecule has 8 heteroatoms. The predicted octanol–water partition coefficient (Wildman–Crippen LogP) is 3.41. The van der Waals surface area contributed by atoms with E-state index in [0.717, 1.165) is 29.8 Å². The van der Waals surface area contributed by atoms with Gasteiger partial charge in [0.05, 0.1) is 4.92 Å². The fourth-order valence-corrected chi connectivity index (χ4v) is 4.00. The van der Waals surface area contributed by atoms with E-state index in [4.69, 9.17) is 0 Å². The van der Waals surface area contributed by atoms with Gasteiger partial charge in [0.2, 0.25) is 5.95 Å². The van der Waals surface area contributed by atoms with Crippen LogP contribution < -0.4 is 4.90 Å². The Morgan fingerprint density at radius 1 is 1.25 bits per heavy atom. The third-order valence-corrected chi connectivity index (χ3v) is 5.45. The first-order chi connectivity index (χ1) is 11.7. The number of rotatable bonds is 6. The minimum Gasteiger partial charge on any atom is -0.341 e. The Bertz CT molecular complexity index is 753. The van der Waals surface area contributed by atoms with E-state index in [-0.39, 0.29) is 10.6 Å². The SMILES string of the molecule is O=[N+]([O-])c1cccc(CSc2nnc(N3CCCC3)n2C2CC2)c1. The molecule has 0 radical (unpaired) electrons. The summed E-state index contributed by atoms with van der Waals surface area (Å²) in [5.74, 6) is 1.66. The normalized spacial score (nSPS) is 17.4. The maximum absolute atomic E-state index is 10.9. The fraction of sp³-hybridized carbons (Fsp3) is 0.500. The lowest BCUT2D eigenvalue weighted by atomic mass is 10.2. The first-order valence-corrected chi connectivity index (χ1v) is 9.27. The molecule has 0 atom stereocenters. The molecule has 4 rings (SSSR count). The lowest BCUT2D eigenvalue weighted by Crippen LogP contribution is -2.22. The molecule has 0 unspecified atom stereocenters. The molecule has 2 aliphatic rings. The van der Waals surface area contributed by atoms with Crippen molar-refractivity contribution in [2.75, 3.05) is 18.0 Å². The lowest BCUT2D eigenvalue weighted by molar-refractivity contribution is -0.384. The molecule has 1 saturated carbocycles. The Morgan fingerprint density at radius 2 is 2.04 bits per heavy atom. The Balaban J connectivity index is 1.52. The molecule has 0 bridgehead atoms. The highest BCUT2D eigenvalue weighted by Crippen LogP contribution is 2.41. The quantitative estimate of drug-likeness (QED) is 0.453. The highest BCUT2D eigenvalue weighted by molar-refractivity contribution is 7.98. The van der Waals surface area contributed by atoms with Gasteiger partial charge < -0.3 is 4.90 Å². The summed E-state index contributed by atoms with van der Waals surface area (Å²) in [5.41, 5.74) is 1.07. The van der Waals surface area contributed by atoms with Gasteiger partial charge in [-0.3, -0.25) is 14.7 Å². The van der Waals surface area contributed by atoms with Crippen molar-refractivity contribution >= 4 is 23.4 Å². The summed E-state index contributed by atoms with van der Waals surface area (Å²) >= 11 is 1.61. The Morgan fingerprint density at radius 3 is 2.75 bits per heavy atom. The van der Waals surface area contributed by atoms with E-state index in [2.05, 4.69) is 19.7 Å². The van der Waals surface area contributed by atoms with Gasteiger partial charge in [-0.05, 0) is 31.2 Å². The molecule has 1 aromatic heterocycles. The molecule has 1 aliphatic carbocycles. The average Bonchev–Trinajstić information content (AvgIpc) is 3.11. The smallest absolute Gasteiger partial charge is 0.269 e. The molecular weight excluding hydrogens is 326 g/mol. The van der Waals surface area contributed by atoms with Crippen LogP contribution in [0, 0.1) is 10.1 Å². The zero-order chi connectivity index (χ0) is 16.5. The van der Waals surface area contributed by atoms with Crippen LogP contribution in [0.2, 0.25) is 0 Å². The fourth-order valence-electron chi connectivity index (χ4n) is 3.06.